The Morgan fingerprint density at radius 3 is 1.70 bits per heavy atom. The normalized spacial score (nSPS) is 12.2. The van der Waals surface area contributed by atoms with Crippen molar-refractivity contribution in [2.45, 2.75) is 135 Å². The van der Waals surface area contributed by atoms with Gasteiger partial charge in [-0.05, 0) is 31.2 Å². The maximum atomic E-state index is 11.8. The summed E-state index contributed by atoms with van der Waals surface area (Å²) in [6, 6.07) is -0.774. The highest BCUT2D eigenvalue weighted by atomic mass is 32.2. The summed E-state index contributed by atoms with van der Waals surface area (Å²) in [5.41, 5.74) is 5.45. The van der Waals surface area contributed by atoms with Crippen molar-refractivity contribution in [2.24, 2.45) is 5.73 Å². The van der Waals surface area contributed by atoms with Gasteiger partial charge in [0.2, 0.25) is 5.12 Å². The van der Waals surface area contributed by atoms with Crippen LogP contribution in [0.25, 0.3) is 0 Å². The molecule has 0 bridgehead atoms. The number of aliphatic carboxylic acids is 1. The summed E-state index contributed by atoms with van der Waals surface area (Å²) in [7, 11) is 0. The molecule has 0 rings (SSSR count). The number of carboxylic acid groups (broad SMARTS) is 1. The molecule has 0 saturated heterocycles. The van der Waals surface area contributed by atoms with Crippen LogP contribution < -0.4 is 10.5 Å². The first-order valence-electron chi connectivity index (χ1n) is 12.5. The van der Waals surface area contributed by atoms with Crippen molar-refractivity contribution < 1.29 is 14.7 Å². The predicted octanol–water partition coefficient (Wildman–Crippen LogP) is 6.59. The number of nitrogens with two attached hydrogens (primary N) is 1. The Kier molecular flexibility index (Phi) is 22.6. The number of carbonyl (C=O) groups excluding carboxylic acids is 1. The first kappa shape index (κ1) is 29.4. The number of nitrogens with one attached hydrogen (secondary N) is 1. The fourth-order valence-electron chi connectivity index (χ4n) is 3.51. The van der Waals surface area contributed by atoms with E-state index in [9.17, 15) is 9.59 Å². The van der Waals surface area contributed by atoms with Crippen LogP contribution >= 0.6 is 11.9 Å². The monoisotopic (exact) mass is 444 g/mol. The van der Waals surface area contributed by atoms with Crippen molar-refractivity contribution in [1.82, 2.24) is 4.72 Å². The molecule has 0 aromatic carbocycles. The van der Waals surface area contributed by atoms with Gasteiger partial charge in [-0.15, -0.1) is 0 Å². The number of hydrogen-bond acceptors (Lipinski definition) is 5. The van der Waals surface area contributed by atoms with Crippen LogP contribution in [-0.2, 0) is 9.59 Å². The Hall–Kier alpha value is -0.590. The molecule has 0 radical (unpaired) electrons. The van der Waals surface area contributed by atoms with Crippen molar-refractivity contribution in [1.29, 1.82) is 0 Å². The van der Waals surface area contributed by atoms with E-state index in [0.717, 1.165) is 25.7 Å². The van der Waals surface area contributed by atoms with E-state index in [1.165, 1.54) is 95.4 Å². The molecule has 1 atom stereocenters. The molecule has 6 heteroatoms. The van der Waals surface area contributed by atoms with Crippen LogP contribution in [0.5, 0.6) is 0 Å². The van der Waals surface area contributed by atoms with Gasteiger partial charge in [0.1, 0.15) is 6.04 Å². The Morgan fingerprint density at radius 1 is 0.767 bits per heavy atom. The van der Waals surface area contributed by atoms with E-state index >= 15 is 0 Å². The van der Waals surface area contributed by atoms with E-state index < -0.39 is 12.0 Å². The zero-order chi connectivity index (χ0) is 22.3. The van der Waals surface area contributed by atoms with Crippen LogP contribution in [0, 0.1) is 0 Å². The molecular weight excluding hydrogens is 396 g/mol. The van der Waals surface area contributed by atoms with Crippen LogP contribution in [0.4, 0.5) is 0 Å². The quantitative estimate of drug-likeness (QED) is 0.121. The molecule has 0 heterocycles. The summed E-state index contributed by atoms with van der Waals surface area (Å²) in [6.07, 6.45) is 22.7. The highest BCUT2D eigenvalue weighted by Gasteiger charge is 2.10. The van der Waals surface area contributed by atoms with E-state index in [1.807, 2.05) is 0 Å². The highest BCUT2D eigenvalue weighted by Crippen LogP contribution is 2.14. The molecule has 0 aromatic heterocycles. The lowest BCUT2D eigenvalue weighted by Gasteiger charge is -2.06. The summed E-state index contributed by atoms with van der Waals surface area (Å²) in [5, 5.41) is 8.90. The maximum absolute atomic E-state index is 11.8. The van der Waals surface area contributed by atoms with Gasteiger partial charge in [0, 0.05) is 13.0 Å². The second kappa shape index (κ2) is 23.1. The minimum Gasteiger partial charge on any atom is -0.480 e. The summed E-state index contributed by atoms with van der Waals surface area (Å²) >= 11 is 1.19. The van der Waals surface area contributed by atoms with Crippen molar-refractivity contribution in [3.63, 3.8) is 0 Å². The maximum Gasteiger partial charge on any atom is 0.320 e. The minimum absolute atomic E-state index is 0.201. The molecule has 0 saturated carbocycles. The molecule has 178 valence electrons. The molecule has 4 N–H and O–H groups in total. The number of unbranched alkanes of at least 4 members (excludes halogenated alkanes) is 15. The summed E-state index contributed by atoms with van der Waals surface area (Å²) in [5.74, 6) is -0.948. The zero-order valence-corrected chi connectivity index (χ0v) is 20.3. The largest absolute Gasteiger partial charge is 0.480 e. The van der Waals surface area contributed by atoms with Crippen LogP contribution in [-0.4, -0.2) is 28.8 Å². The van der Waals surface area contributed by atoms with Gasteiger partial charge in [0.15, 0.2) is 0 Å². The molecule has 0 aromatic rings. The van der Waals surface area contributed by atoms with Gasteiger partial charge in [-0.1, -0.05) is 103 Å². The van der Waals surface area contributed by atoms with Crippen molar-refractivity contribution >= 4 is 23.0 Å². The fraction of sp³-hybridized carbons (Fsp3) is 0.917. The van der Waals surface area contributed by atoms with Crippen molar-refractivity contribution in [3.05, 3.63) is 0 Å². The smallest absolute Gasteiger partial charge is 0.320 e. The second-order valence-corrected chi connectivity index (χ2v) is 9.46. The Balaban J connectivity index is 3.20. The van der Waals surface area contributed by atoms with Crippen LogP contribution in [0.3, 0.4) is 0 Å². The molecule has 0 aliphatic heterocycles. The lowest BCUT2D eigenvalue weighted by Crippen LogP contribution is -2.29. The fourth-order valence-corrected chi connectivity index (χ4v) is 4.16. The number of carboxylic acids is 1. The van der Waals surface area contributed by atoms with E-state index in [4.69, 9.17) is 10.8 Å². The van der Waals surface area contributed by atoms with Gasteiger partial charge in [-0.25, -0.2) is 0 Å². The van der Waals surface area contributed by atoms with Gasteiger partial charge < -0.3 is 10.8 Å². The van der Waals surface area contributed by atoms with Crippen molar-refractivity contribution in [2.75, 3.05) is 6.54 Å². The first-order chi connectivity index (χ1) is 14.6. The Labute approximate surface area is 189 Å². The lowest BCUT2D eigenvalue weighted by atomic mass is 10.0. The average molecular weight is 445 g/mol. The molecule has 0 fully saturated rings. The van der Waals surface area contributed by atoms with Crippen LogP contribution in [0.15, 0.2) is 0 Å². The van der Waals surface area contributed by atoms with E-state index in [1.54, 1.807) is 0 Å². The number of hydrogen-bond donors (Lipinski definition) is 3. The Morgan fingerprint density at radius 2 is 1.23 bits per heavy atom. The molecule has 0 aliphatic rings. The third-order valence-electron chi connectivity index (χ3n) is 5.53. The zero-order valence-electron chi connectivity index (χ0n) is 19.5. The third-order valence-corrected chi connectivity index (χ3v) is 6.31. The van der Waals surface area contributed by atoms with Crippen molar-refractivity contribution in [3.8, 4) is 0 Å². The molecular formula is C24H48N2O3S. The molecule has 0 unspecified atom stereocenters. The summed E-state index contributed by atoms with van der Waals surface area (Å²) in [4.78, 5) is 22.4. The van der Waals surface area contributed by atoms with E-state index in [-0.39, 0.29) is 5.12 Å². The third kappa shape index (κ3) is 22.1. The van der Waals surface area contributed by atoms with Crippen LogP contribution in [0.2, 0.25) is 0 Å². The Bertz CT molecular complexity index is 408. The lowest BCUT2D eigenvalue weighted by molar-refractivity contribution is -0.138. The molecule has 0 spiro atoms. The first-order valence-corrected chi connectivity index (χ1v) is 13.3. The van der Waals surface area contributed by atoms with E-state index in [0.29, 0.717) is 19.4 Å². The van der Waals surface area contributed by atoms with Gasteiger partial charge in [0.05, 0.1) is 0 Å². The summed E-state index contributed by atoms with van der Waals surface area (Å²) in [6.45, 7) is 2.98. The van der Waals surface area contributed by atoms with Gasteiger partial charge in [0.25, 0.3) is 0 Å². The molecule has 0 amide bonds. The standard InChI is InChI=1S/C24H48N2O3S/c1-2-3-4-5-6-7-8-9-10-11-12-13-14-15-16-20-23(27)30-26-21-18-17-19-22(25)24(28)29/h22,26H,2-21,25H2,1H3,(H,28,29)/t22-/m1/s1. The number of rotatable bonds is 23. The minimum atomic E-state index is -0.948. The topological polar surface area (TPSA) is 92.4 Å². The predicted molar refractivity (Wildman–Crippen MR) is 130 cm³/mol. The van der Waals surface area contributed by atoms with Gasteiger partial charge in [-0.3, -0.25) is 14.3 Å². The summed E-state index contributed by atoms with van der Waals surface area (Å²) < 4.78 is 3.07. The van der Waals surface area contributed by atoms with Gasteiger partial charge in [-0.2, -0.15) is 0 Å². The molecule has 5 nitrogen and oxygen atoms in total. The second-order valence-electron chi connectivity index (χ2n) is 8.51. The van der Waals surface area contributed by atoms with Crippen LogP contribution in [0.1, 0.15) is 129 Å². The number of carbonyl (C=O) groups is 2. The molecule has 30 heavy (non-hydrogen) atoms. The highest BCUT2D eigenvalue weighted by molar-refractivity contribution is 8.11. The average Bonchev–Trinajstić information content (AvgIpc) is 2.73. The SMILES string of the molecule is CCCCCCCCCCCCCCCCCC(=O)SNCCCC[C@@H](N)C(=O)O. The van der Waals surface area contributed by atoms with E-state index in [2.05, 4.69) is 11.6 Å². The van der Waals surface area contributed by atoms with Gasteiger partial charge >= 0.3 is 5.97 Å². The molecule has 0 aliphatic carbocycles.